The van der Waals surface area contributed by atoms with Crippen LogP contribution in [0.25, 0.3) is 0 Å². The molecule has 0 aliphatic heterocycles. The Kier molecular flexibility index (Phi) is 3.00. The number of hydrogen-bond acceptors (Lipinski definition) is 1. The molecule has 0 aliphatic rings. The van der Waals surface area contributed by atoms with Crippen molar-refractivity contribution in [1.82, 2.24) is 0 Å². The van der Waals surface area contributed by atoms with Crippen molar-refractivity contribution in [3.8, 4) is 0 Å². The molecule has 0 spiro atoms. The SMILES string of the molecule is C=CC(N)c1ccc(Br)cc1F. The highest BCUT2D eigenvalue weighted by atomic mass is 79.9. The summed E-state index contributed by atoms with van der Waals surface area (Å²) in [7, 11) is 0. The monoisotopic (exact) mass is 229 g/mol. The van der Waals surface area contributed by atoms with Crippen LogP contribution >= 0.6 is 15.9 Å². The van der Waals surface area contributed by atoms with Gasteiger partial charge in [-0.2, -0.15) is 0 Å². The summed E-state index contributed by atoms with van der Waals surface area (Å²) in [5.74, 6) is -0.309. The first-order valence-corrected chi connectivity index (χ1v) is 4.27. The highest BCUT2D eigenvalue weighted by Crippen LogP contribution is 2.19. The number of rotatable bonds is 2. The predicted octanol–water partition coefficient (Wildman–Crippen LogP) is 2.77. The molecule has 0 saturated carbocycles. The first-order chi connectivity index (χ1) is 5.65. The van der Waals surface area contributed by atoms with Crippen LogP contribution in [-0.4, -0.2) is 0 Å². The van der Waals surface area contributed by atoms with Crippen LogP contribution in [-0.2, 0) is 0 Å². The molecule has 1 aromatic rings. The second-order valence-electron chi connectivity index (χ2n) is 2.43. The number of halogens is 2. The van der Waals surface area contributed by atoms with Gasteiger partial charge in [-0.1, -0.05) is 28.1 Å². The molecule has 1 nitrogen and oxygen atoms in total. The summed E-state index contributed by atoms with van der Waals surface area (Å²) in [6.45, 7) is 3.50. The highest BCUT2D eigenvalue weighted by Gasteiger charge is 2.07. The molecule has 2 N–H and O–H groups in total. The van der Waals surface area contributed by atoms with E-state index in [1.807, 2.05) is 0 Å². The van der Waals surface area contributed by atoms with Crippen LogP contribution in [0.5, 0.6) is 0 Å². The molecule has 1 rings (SSSR count). The fraction of sp³-hybridized carbons (Fsp3) is 0.111. The van der Waals surface area contributed by atoms with Gasteiger partial charge in [0.25, 0.3) is 0 Å². The Morgan fingerprint density at radius 3 is 2.75 bits per heavy atom. The average molecular weight is 230 g/mol. The predicted molar refractivity (Wildman–Crippen MR) is 51.2 cm³/mol. The Bertz CT molecular complexity index is 299. The summed E-state index contributed by atoms with van der Waals surface area (Å²) < 4.78 is 13.8. The van der Waals surface area contributed by atoms with Crippen LogP contribution in [0.1, 0.15) is 11.6 Å². The van der Waals surface area contributed by atoms with Crippen molar-refractivity contribution in [3.05, 3.63) is 46.7 Å². The molecule has 0 heterocycles. The lowest BCUT2D eigenvalue weighted by molar-refractivity contribution is 0.601. The van der Waals surface area contributed by atoms with Crippen LogP contribution in [0.3, 0.4) is 0 Å². The van der Waals surface area contributed by atoms with Crippen molar-refractivity contribution in [3.63, 3.8) is 0 Å². The van der Waals surface area contributed by atoms with Crippen molar-refractivity contribution >= 4 is 15.9 Å². The summed E-state index contributed by atoms with van der Waals surface area (Å²) >= 11 is 3.16. The molecule has 0 saturated heterocycles. The quantitative estimate of drug-likeness (QED) is 0.776. The van der Waals surface area contributed by atoms with Crippen molar-refractivity contribution in [1.29, 1.82) is 0 Å². The molecule has 1 aromatic carbocycles. The van der Waals surface area contributed by atoms with Crippen LogP contribution < -0.4 is 5.73 Å². The fourth-order valence-electron chi connectivity index (χ4n) is 0.899. The second-order valence-corrected chi connectivity index (χ2v) is 3.34. The summed E-state index contributed by atoms with van der Waals surface area (Å²) in [4.78, 5) is 0. The van der Waals surface area contributed by atoms with Gasteiger partial charge >= 0.3 is 0 Å². The maximum atomic E-state index is 13.1. The van der Waals surface area contributed by atoms with E-state index >= 15 is 0 Å². The van der Waals surface area contributed by atoms with E-state index < -0.39 is 6.04 Å². The Balaban J connectivity index is 3.09. The van der Waals surface area contributed by atoms with E-state index in [1.54, 1.807) is 12.1 Å². The first-order valence-electron chi connectivity index (χ1n) is 3.48. The molecule has 0 amide bonds. The second kappa shape index (κ2) is 3.83. The fourth-order valence-corrected chi connectivity index (χ4v) is 1.23. The van der Waals surface area contributed by atoms with E-state index in [0.29, 0.717) is 10.0 Å². The van der Waals surface area contributed by atoms with Crippen molar-refractivity contribution in [2.45, 2.75) is 6.04 Å². The van der Waals surface area contributed by atoms with Gasteiger partial charge in [0.05, 0.1) is 6.04 Å². The summed E-state index contributed by atoms with van der Waals surface area (Å²) in [6.07, 6.45) is 1.51. The van der Waals surface area contributed by atoms with Gasteiger partial charge in [0, 0.05) is 10.0 Å². The molecular formula is C9H9BrFN. The van der Waals surface area contributed by atoms with E-state index in [2.05, 4.69) is 22.5 Å². The van der Waals surface area contributed by atoms with Crippen molar-refractivity contribution in [2.24, 2.45) is 5.73 Å². The number of nitrogens with two attached hydrogens (primary N) is 1. The van der Waals surface area contributed by atoms with Gasteiger partial charge in [0.15, 0.2) is 0 Å². The minimum Gasteiger partial charge on any atom is -0.321 e. The van der Waals surface area contributed by atoms with E-state index in [1.165, 1.54) is 12.1 Å². The van der Waals surface area contributed by atoms with Gasteiger partial charge in [-0.15, -0.1) is 6.58 Å². The topological polar surface area (TPSA) is 26.0 Å². The van der Waals surface area contributed by atoms with E-state index in [-0.39, 0.29) is 5.82 Å². The van der Waals surface area contributed by atoms with E-state index in [4.69, 9.17) is 5.73 Å². The smallest absolute Gasteiger partial charge is 0.129 e. The number of benzene rings is 1. The lowest BCUT2D eigenvalue weighted by Crippen LogP contribution is -2.08. The molecule has 0 aliphatic carbocycles. The third-order valence-corrected chi connectivity index (χ3v) is 2.07. The Hall–Kier alpha value is -0.670. The Morgan fingerprint density at radius 1 is 1.58 bits per heavy atom. The maximum absolute atomic E-state index is 13.1. The number of hydrogen-bond donors (Lipinski definition) is 1. The Labute approximate surface area is 79.2 Å². The molecule has 1 atom stereocenters. The first kappa shape index (κ1) is 9.42. The molecule has 12 heavy (non-hydrogen) atoms. The molecule has 0 bridgehead atoms. The van der Waals surface area contributed by atoms with E-state index in [9.17, 15) is 4.39 Å². The molecular weight excluding hydrogens is 221 g/mol. The van der Waals surface area contributed by atoms with Gasteiger partial charge in [-0.25, -0.2) is 4.39 Å². The van der Waals surface area contributed by atoms with Gasteiger partial charge in [-0.05, 0) is 12.1 Å². The van der Waals surface area contributed by atoms with Crippen LogP contribution in [0.15, 0.2) is 35.3 Å². The average Bonchev–Trinajstić information content (AvgIpc) is 2.03. The normalized spacial score (nSPS) is 12.6. The zero-order valence-corrected chi connectivity index (χ0v) is 8.01. The van der Waals surface area contributed by atoms with Crippen LogP contribution in [0.2, 0.25) is 0 Å². The zero-order valence-electron chi connectivity index (χ0n) is 6.43. The van der Waals surface area contributed by atoms with Crippen molar-refractivity contribution in [2.75, 3.05) is 0 Å². The molecule has 0 fully saturated rings. The van der Waals surface area contributed by atoms with Gasteiger partial charge in [0.2, 0.25) is 0 Å². The Morgan fingerprint density at radius 2 is 2.25 bits per heavy atom. The summed E-state index contributed by atoms with van der Waals surface area (Å²) in [6, 6.07) is 4.35. The van der Waals surface area contributed by atoms with Crippen LogP contribution in [0.4, 0.5) is 4.39 Å². The van der Waals surface area contributed by atoms with Gasteiger partial charge < -0.3 is 5.73 Å². The standard InChI is InChI=1S/C9H9BrFN/c1-2-9(12)7-4-3-6(10)5-8(7)11/h2-5,9H,1,12H2. The summed E-state index contributed by atoms with van der Waals surface area (Å²) in [5.41, 5.74) is 6.04. The third-order valence-electron chi connectivity index (χ3n) is 1.58. The lowest BCUT2D eigenvalue weighted by atomic mass is 10.1. The largest absolute Gasteiger partial charge is 0.321 e. The van der Waals surface area contributed by atoms with Gasteiger partial charge in [0.1, 0.15) is 5.82 Å². The third kappa shape index (κ3) is 1.93. The van der Waals surface area contributed by atoms with Crippen molar-refractivity contribution < 1.29 is 4.39 Å². The molecule has 64 valence electrons. The van der Waals surface area contributed by atoms with Gasteiger partial charge in [-0.3, -0.25) is 0 Å². The zero-order chi connectivity index (χ0) is 9.14. The minimum absolute atomic E-state index is 0.309. The molecule has 0 aromatic heterocycles. The van der Waals surface area contributed by atoms with Crippen LogP contribution in [0, 0.1) is 5.82 Å². The molecule has 0 radical (unpaired) electrons. The molecule has 1 unspecified atom stereocenters. The van der Waals surface area contributed by atoms with E-state index in [0.717, 1.165) is 0 Å². The summed E-state index contributed by atoms with van der Waals surface area (Å²) in [5, 5.41) is 0. The minimum atomic E-state index is -0.432. The molecule has 3 heteroatoms. The highest BCUT2D eigenvalue weighted by molar-refractivity contribution is 9.10. The maximum Gasteiger partial charge on any atom is 0.129 e. The lowest BCUT2D eigenvalue weighted by Gasteiger charge is -2.07.